The summed E-state index contributed by atoms with van der Waals surface area (Å²) < 4.78 is 8.82. The number of aromatic nitrogens is 4. The van der Waals surface area contributed by atoms with Crippen LogP contribution in [0, 0.1) is 0 Å². The Balaban J connectivity index is 1.58. The Morgan fingerprint density at radius 3 is 2.75 bits per heavy atom. The molecule has 0 amide bonds. The summed E-state index contributed by atoms with van der Waals surface area (Å²) >= 11 is 3.27. The van der Waals surface area contributed by atoms with E-state index in [-0.39, 0.29) is 18.7 Å². The molecule has 0 bridgehead atoms. The molecule has 1 unspecified atom stereocenters. The molecular formula is C19H17BrN4O4. The zero-order chi connectivity index (χ0) is 19.8. The van der Waals surface area contributed by atoms with E-state index >= 15 is 0 Å². The maximum atomic E-state index is 12.2. The minimum atomic E-state index is -0.911. The molecule has 0 aliphatic heterocycles. The first-order valence-electron chi connectivity index (χ1n) is 8.59. The molecule has 0 aliphatic rings. The van der Waals surface area contributed by atoms with Crippen LogP contribution < -0.4 is 16.0 Å². The SMILES string of the molecule is Cn1c(=O)[nH]c(=O)c2c1c(Br)nn2CC(O)COc1cccc2ccccc12. The minimum absolute atomic E-state index is 0.0245. The van der Waals surface area contributed by atoms with Crippen LogP contribution in [0.2, 0.25) is 0 Å². The van der Waals surface area contributed by atoms with Gasteiger partial charge in [-0.1, -0.05) is 36.4 Å². The Kier molecular flexibility index (Phi) is 4.78. The number of ether oxygens (including phenoxy) is 1. The first-order chi connectivity index (χ1) is 13.5. The summed E-state index contributed by atoms with van der Waals surface area (Å²) in [4.78, 5) is 26.3. The Hall–Kier alpha value is -2.91. The zero-order valence-corrected chi connectivity index (χ0v) is 16.5. The molecule has 2 N–H and O–H groups in total. The number of aryl methyl sites for hydroxylation is 1. The Morgan fingerprint density at radius 2 is 1.93 bits per heavy atom. The van der Waals surface area contributed by atoms with Crippen LogP contribution in [0.5, 0.6) is 5.75 Å². The van der Waals surface area contributed by atoms with Crippen molar-refractivity contribution in [1.82, 2.24) is 19.3 Å². The number of benzene rings is 2. The molecule has 1 atom stereocenters. The van der Waals surface area contributed by atoms with Gasteiger partial charge in [-0.3, -0.25) is 19.0 Å². The second kappa shape index (κ2) is 7.25. The molecule has 0 spiro atoms. The fourth-order valence-corrected chi connectivity index (χ4v) is 3.82. The highest BCUT2D eigenvalue weighted by atomic mass is 79.9. The van der Waals surface area contributed by atoms with Gasteiger partial charge in [0.15, 0.2) is 10.1 Å². The van der Waals surface area contributed by atoms with E-state index in [0.717, 1.165) is 10.8 Å². The van der Waals surface area contributed by atoms with Crippen molar-refractivity contribution < 1.29 is 9.84 Å². The van der Waals surface area contributed by atoms with E-state index in [0.29, 0.717) is 15.9 Å². The van der Waals surface area contributed by atoms with Gasteiger partial charge in [-0.2, -0.15) is 5.10 Å². The molecular weight excluding hydrogens is 428 g/mol. The lowest BCUT2D eigenvalue weighted by molar-refractivity contribution is 0.0911. The molecule has 2 heterocycles. The van der Waals surface area contributed by atoms with Crippen molar-refractivity contribution in [3.63, 3.8) is 0 Å². The predicted molar refractivity (Wildman–Crippen MR) is 109 cm³/mol. The molecule has 0 radical (unpaired) electrons. The monoisotopic (exact) mass is 444 g/mol. The second-order valence-corrected chi connectivity index (χ2v) is 7.18. The predicted octanol–water partition coefficient (Wildman–Crippen LogP) is 1.78. The van der Waals surface area contributed by atoms with Gasteiger partial charge in [0.1, 0.15) is 24.0 Å². The molecule has 0 saturated carbocycles. The van der Waals surface area contributed by atoms with E-state index in [9.17, 15) is 14.7 Å². The van der Waals surface area contributed by atoms with Crippen molar-refractivity contribution in [1.29, 1.82) is 0 Å². The molecule has 0 aliphatic carbocycles. The highest BCUT2D eigenvalue weighted by Crippen LogP contribution is 2.25. The third-order valence-corrected chi connectivity index (χ3v) is 5.06. The van der Waals surface area contributed by atoms with Crippen molar-refractivity contribution in [3.05, 3.63) is 67.9 Å². The van der Waals surface area contributed by atoms with Crippen molar-refractivity contribution >= 4 is 37.7 Å². The van der Waals surface area contributed by atoms with Crippen molar-refractivity contribution in [2.45, 2.75) is 12.6 Å². The van der Waals surface area contributed by atoms with Crippen LogP contribution in [-0.4, -0.2) is 37.1 Å². The van der Waals surface area contributed by atoms with E-state index < -0.39 is 17.4 Å². The summed E-state index contributed by atoms with van der Waals surface area (Å²) in [7, 11) is 1.54. The van der Waals surface area contributed by atoms with Crippen LogP contribution in [0.3, 0.4) is 0 Å². The Labute approximate surface area is 167 Å². The smallest absolute Gasteiger partial charge is 0.328 e. The minimum Gasteiger partial charge on any atom is -0.490 e. The first-order valence-corrected chi connectivity index (χ1v) is 9.39. The number of rotatable bonds is 5. The molecule has 9 heteroatoms. The van der Waals surface area contributed by atoms with Crippen molar-refractivity contribution in [2.24, 2.45) is 7.05 Å². The maximum Gasteiger partial charge on any atom is 0.328 e. The van der Waals surface area contributed by atoms with Gasteiger partial charge in [-0.15, -0.1) is 0 Å². The van der Waals surface area contributed by atoms with Crippen LogP contribution in [-0.2, 0) is 13.6 Å². The third kappa shape index (κ3) is 3.23. The number of halogens is 1. The average Bonchev–Trinajstić information content (AvgIpc) is 3.01. The van der Waals surface area contributed by atoms with Gasteiger partial charge in [0.2, 0.25) is 0 Å². The quantitative estimate of drug-likeness (QED) is 0.488. The first kappa shape index (κ1) is 18.5. The van der Waals surface area contributed by atoms with Gasteiger partial charge in [0, 0.05) is 12.4 Å². The molecule has 8 nitrogen and oxygen atoms in total. The van der Waals surface area contributed by atoms with Crippen LogP contribution in [0.4, 0.5) is 0 Å². The number of hydrogen-bond donors (Lipinski definition) is 2. The maximum absolute atomic E-state index is 12.2. The van der Waals surface area contributed by atoms with Crippen LogP contribution in [0.1, 0.15) is 0 Å². The van der Waals surface area contributed by atoms with Gasteiger partial charge in [0.05, 0.1) is 6.54 Å². The summed E-state index contributed by atoms with van der Waals surface area (Å²) in [5.41, 5.74) is -0.509. The topological polar surface area (TPSA) is 102 Å². The highest BCUT2D eigenvalue weighted by Gasteiger charge is 2.18. The molecule has 0 saturated heterocycles. The molecule has 4 aromatic rings. The fraction of sp³-hybridized carbons (Fsp3) is 0.211. The molecule has 28 heavy (non-hydrogen) atoms. The summed E-state index contributed by atoms with van der Waals surface area (Å²) in [6.45, 7) is 0.0603. The lowest BCUT2D eigenvalue weighted by Gasteiger charge is -2.14. The van der Waals surface area contributed by atoms with Gasteiger partial charge >= 0.3 is 5.69 Å². The highest BCUT2D eigenvalue weighted by molar-refractivity contribution is 9.10. The van der Waals surface area contributed by atoms with Gasteiger partial charge in [0.25, 0.3) is 5.56 Å². The lowest BCUT2D eigenvalue weighted by Crippen LogP contribution is -2.30. The fourth-order valence-electron chi connectivity index (χ4n) is 3.18. The van der Waals surface area contributed by atoms with Crippen LogP contribution >= 0.6 is 15.9 Å². The van der Waals surface area contributed by atoms with E-state index in [4.69, 9.17) is 4.74 Å². The average molecular weight is 445 g/mol. The number of fused-ring (bicyclic) bond motifs is 2. The van der Waals surface area contributed by atoms with E-state index in [1.807, 2.05) is 42.5 Å². The summed E-state index contributed by atoms with van der Waals surface area (Å²) in [6.07, 6.45) is -0.911. The van der Waals surface area contributed by atoms with Gasteiger partial charge in [-0.05, 0) is 27.4 Å². The molecule has 4 rings (SSSR count). The van der Waals surface area contributed by atoms with Crippen LogP contribution in [0.15, 0.2) is 56.7 Å². The van der Waals surface area contributed by atoms with E-state index in [2.05, 4.69) is 26.0 Å². The number of nitrogens with one attached hydrogen (secondary N) is 1. The number of nitrogens with zero attached hydrogens (tertiary/aromatic N) is 3. The lowest BCUT2D eigenvalue weighted by atomic mass is 10.1. The molecule has 0 fully saturated rings. The molecule has 144 valence electrons. The Bertz CT molecular complexity index is 1290. The van der Waals surface area contributed by atoms with Gasteiger partial charge < -0.3 is 9.84 Å². The van der Waals surface area contributed by atoms with Crippen molar-refractivity contribution in [3.8, 4) is 5.75 Å². The standard InChI is InChI=1S/C19H17BrN4O4/c1-23-15-16(18(26)21-19(23)27)24(22-17(15)20)9-12(25)10-28-14-8-4-6-11-5-2-3-7-13(11)14/h2-8,12,25H,9-10H2,1H3,(H,21,26,27). The zero-order valence-electron chi connectivity index (χ0n) is 14.9. The number of aliphatic hydroxyl groups excluding tert-OH is 1. The molecule has 2 aromatic carbocycles. The normalized spacial score (nSPS) is 12.5. The second-order valence-electron chi connectivity index (χ2n) is 6.43. The number of H-pyrrole nitrogens is 1. The summed E-state index contributed by atoms with van der Waals surface area (Å²) in [5.74, 6) is 0.670. The van der Waals surface area contributed by atoms with Gasteiger partial charge in [-0.25, -0.2) is 4.79 Å². The van der Waals surface area contributed by atoms with E-state index in [1.54, 1.807) is 0 Å². The van der Waals surface area contributed by atoms with E-state index in [1.165, 1.54) is 16.3 Å². The third-order valence-electron chi connectivity index (χ3n) is 4.53. The number of hydrogen-bond acceptors (Lipinski definition) is 5. The van der Waals surface area contributed by atoms with Crippen molar-refractivity contribution in [2.75, 3.05) is 6.61 Å². The number of aliphatic hydroxyl groups is 1. The summed E-state index contributed by atoms with van der Waals surface area (Å²) in [5, 5.41) is 16.7. The largest absolute Gasteiger partial charge is 0.490 e. The summed E-state index contributed by atoms with van der Waals surface area (Å²) in [6, 6.07) is 13.5. The Morgan fingerprint density at radius 1 is 1.18 bits per heavy atom. The number of aromatic amines is 1. The van der Waals surface area contributed by atoms with Crippen LogP contribution in [0.25, 0.3) is 21.8 Å². The molecule has 2 aromatic heterocycles.